The van der Waals surface area contributed by atoms with Crippen molar-refractivity contribution >= 4 is 6.03 Å². The molecule has 0 unspecified atom stereocenters. The van der Waals surface area contributed by atoms with E-state index in [0.717, 1.165) is 11.3 Å². The molecule has 0 fully saturated rings. The summed E-state index contributed by atoms with van der Waals surface area (Å²) in [6, 6.07) is 15.1. The third kappa shape index (κ3) is 4.60. The topological polar surface area (TPSA) is 54.0 Å². The van der Waals surface area contributed by atoms with Gasteiger partial charge in [0.05, 0.1) is 11.7 Å². The molecule has 0 spiro atoms. The van der Waals surface area contributed by atoms with Gasteiger partial charge >= 0.3 is 6.03 Å². The number of carbonyl (C=O) groups is 1. The van der Waals surface area contributed by atoms with E-state index in [9.17, 15) is 4.79 Å². The van der Waals surface area contributed by atoms with Crippen LogP contribution in [0.1, 0.15) is 31.1 Å². The standard InChI is InChI=1S/C17H21N3O/c1-13(2)12-19-17(21)20-16(14-8-4-3-5-9-14)15-10-6-7-11-18-15/h3-11,13,16H,12H2,1-2H3,(H2,19,20,21)/t16-/m1/s1. The molecule has 0 saturated carbocycles. The zero-order valence-electron chi connectivity index (χ0n) is 12.4. The lowest BCUT2D eigenvalue weighted by atomic mass is 10.0. The van der Waals surface area contributed by atoms with Gasteiger partial charge in [0.15, 0.2) is 0 Å². The van der Waals surface area contributed by atoms with Crippen LogP contribution in [0.15, 0.2) is 54.7 Å². The van der Waals surface area contributed by atoms with Crippen molar-refractivity contribution in [2.75, 3.05) is 6.54 Å². The van der Waals surface area contributed by atoms with E-state index in [1.165, 1.54) is 0 Å². The van der Waals surface area contributed by atoms with Crippen LogP contribution in [0.5, 0.6) is 0 Å². The van der Waals surface area contributed by atoms with Gasteiger partial charge in [-0.25, -0.2) is 4.79 Å². The Balaban J connectivity index is 2.16. The molecule has 0 radical (unpaired) electrons. The Morgan fingerprint density at radius 3 is 2.43 bits per heavy atom. The van der Waals surface area contributed by atoms with Crippen molar-refractivity contribution in [1.29, 1.82) is 0 Å². The molecule has 1 atom stereocenters. The van der Waals surface area contributed by atoms with Crippen molar-refractivity contribution in [3.05, 3.63) is 66.0 Å². The average molecular weight is 283 g/mol. The number of amides is 2. The molecular formula is C17H21N3O. The molecular weight excluding hydrogens is 262 g/mol. The number of nitrogens with one attached hydrogen (secondary N) is 2. The number of aromatic nitrogens is 1. The number of carbonyl (C=O) groups excluding carboxylic acids is 1. The van der Waals surface area contributed by atoms with Crippen LogP contribution in [-0.2, 0) is 0 Å². The zero-order chi connectivity index (χ0) is 15.1. The lowest BCUT2D eigenvalue weighted by Crippen LogP contribution is -2.40. The van der Waals surface area contributed by atoms with E-state index in [1.807, 2.05) is 48.5 Å². The summed E-state index contributed by atoms with van der Waals surface area (Å²) < 4.78 is 0. The summed E-state index contributed by atoms with van der Waals surface area (Å²) in [6.07, 6.45) is 1.74. The van der Waals surface area contributed by atoms with Crippen LogP contribution < -0.4 is 10.6 Å². The number of hydrogen-bond acceptors (Lipinski definition) is 2. The maximum Gasteiger partial charge on any atom is 0.315 e. The maximum atomic E-state index is 12.1. The van der Waals surface area contributed by atoms with Gasteiger partial charge in [-0.05, 0) is 23.6 Å². The molecule has 2 N–H and O–H groups in total. The molecule has 0 bridgehead atoms. The first-order valence-corrected chi connectivity index (χ1v) is 7.17. The fraction of sp³-hybridized carbons (Fsp3) is 0.294. The molecule has 0 aliphatic carbocycles. The molecule has 2 rings (SSSR count). The number of pyridine rings is 1. The van der Waals surface area contributed by atoms with E-state index >= 15 is 0 Å². The van der Waals surface area contributed by atoms with Gasteiger partial charge in [-0.3, -0.25) is 4.98 Å². The van der Waals surface area contributed by atoms with Crippen LogP contribution in [-0.4, -0.2) is 17.6 Å². The van der Waals surface area contributed by atoms with Crippen LogP contribution in [0.3, 0.4) is 0 Å². The molecule has 0 saturated heterocycles. The Morgan fingerprint density at radius 1 is 1.10 bits per heavy atom. The molecule has 21 heavy (non-hydrogen) atoms. The van der Waals surface area contributed by atoms with Gasteiger partial charge in [0.1, 0.15) is 0 Å². The van der Waals surface area contributed by atoms with Crippen molar-refractivity contribution < 1.29 is 4.79 Å². The molecule has 2 aromatic rings. The third-order valence-electron chi connectivity index (χ3n) is 3.06. The van der Waals surface area contributed by atoms with E-state index in [2.05, 4.69) is 29.5 Å². The monoisotopic (exact) mass is 283 g/mol. The first-order chi connectivity index (χ1) is 10.2. The predicted molar refractivity (Wildman–Crippen MR) is 83.9 cm³/mol. The lowest BCUT2D eigenvalue weighted by molar-refractivity contribution is 0.237. The Labute approximate surface area is 125 Å². The summed E-state index contributed by atoms with van der Waals surface area (Å²) >= 11 is 0. The van der Waals surface area contributed by atoms with Gasteiger partial charge < -0.3 is 10.6 Å². The largest absolute Gasteiger partial charge is 0.338 e. The van der Waals surface area contributed by atoms with Crippen molar-refractivity contribution in [3.63, 3.8) is 0 Å². The summed E-state index contributed by atoms with van der Waals surface area (Å²) in [5.74, 6) is 0.417. The molecule has 1 aromatic heterocycles. The lowest BCUT2D eigenvalue weighted by Gasteiger charge is -2.19. The fourth-order valence-electron chi connectivity index (χ4n) is 2.00. The smallest absolute Gasteiger partial charge is 0.315 e. The molecule has 110 valence electrons. The molecule has 1 aromatic carbocycles. The average Bonchev–Trinajstić information content (AvgIpc) is 2.52. The van der Waals surface area contributed by atoms with Gasteiger partial charge in [0, 0.05) is 12.7 Å². The molecule has 2 amide bonds. The quantitative estimate of drug-likeness (QED) is 0.885. The van der Waals surface area contributed by atoms with Crippen molar-refractivity contribution in [2.24, 2.45) is 5.92 Å². The van der Waals surface area contributed by atoms with Crippen LogP contribution >= 0.6 is 0 Å². The Morgan fingerprint density at radius 2 is 1.81 bits per heavy atom. The van der Waals surface area contributed by atoms with Gasteiger partial charge in [-0.2, -0.15) is 0 Å². The number of rotatable bonds is 5. The highest BCUT2D eigenvalue weighted by Crippen LogP contribution is 2.19. The number of benzene rings is 1. The first-order valence-electron chi connectivity index (χ1n) is 7.17. The Bertz CT molecular complexity index is 515. The minimum Gasteiger partial charge on any atom is -0.338 e. The fourth-order valence-corrected chi connectivity index (χ4v) is 2.00. The highest BCUT2D eigenvalue weighted by molar-refractivity contribution is 5.74. The van der Waals surface area contributed by atoms with Gasteiger partial charge in [-0.15, -0.1) is 0 Å². The maximum absolute atomic E-state index is 12.1. The highest BCUT2D eigenvalue weighted by Gasteiger charge is 2.17. The van der Waals surface area contributed by atoms with E-state index in [1.54, 1.807) is 6.20 Å². The Kier molecular flexibility index (Phi) is 5.32. The van der Waals surface area contributed by atoms with Crippen LogP contribution in [0, 0.1) is 5.92 Å². The summed E-state index contributed by atoms with van der Waals surface area (Å²) in [4.78, 5) is 16.4. The van der Waals surface area contributed by atoms with Crippen molar-refractivity contribution in [3.8, 4) is 0 Å². The SMILES string of the molecule is CC(C)CNC(=O)N[C@H](c1ccccc1)c1ccccn1. The van der Waals surface area contributed by atoms with E-state index in [-0.39, 0.29) is 12.1 Å². The molecule has 4 heteroatoms. The zero-order valence-corrected chi connectivity index (χ0v) is 12.4. The second-order valence-electron chi connectivity index (χ2n) is 5.35. The van der Waals surface area contributed by atoms with Crippen LogP contribution in [0.2, 0.25) is 0 Å². The van der Waals surface area contributed by atoms with E-state index in [4.69, 9.17) is 0 Å². The van der Waals surface area contributed by atoms with E-state index in [0.29, 0.717) is 12.5 Å². The summed E-state index contributed by atoms with van der Waals surface area (Å²) in [5, 5.41) is 5.87. The minimum atomic E-state index is -0.250. The molecule has 4 nitrogen and oxygen atoms in total. The van der Waals surface area contributed by atoms with Crippen LogP contribution in [0.4, 0.5) is 4.79 Å². The summed E-state index contributed by atoms with van der Waals surface area (Å²) in [7, 11) is 0. The van der Waals surface area contributed by atoms with Gasteiger partial charge in [0.2, 0.25) is 0 Å². The van der Waals surface area contributed by atoms with Gasteiger partial charge in [0.25, 0.3) is 0 Å². The molecule has 1 heterocycles. The number of urea groups is 1. The van der Waals surface area contributed by atoms with Crippen LogP contribution in [0.25, 0.3) is 0 Å². The second kappa shape index (κ2) is 7.43. The Hall–Kier alpha value is -2.36. The molecule has 0 aliphatic heterocycles. The predicted octanol–water partition coefficient (Wildman–Crippen LogP) is 3.13. The second-order valence-corrected chi connectivity index (χ2v) is 5.35. The summed E-state index contributed by atoms with van der Waals surface area (Å²) in [5.41, 5.74) is 1.83. The van der Waals surface area contributed by atoms with E-state index < -0.39 is 0 Å². The normalized spacial score (nSPS) is 12.0. The number of nitrogens with zero attached hydrogens (tertiary/aromatic N) is 1. The third-order valence-corrected chi connectivity index (χ3v) is 3.06. The summed E-state index contributed by atoms with van der Waals surface area (Å²) in [6.45, 7) is 4.77. The van der Waals surface area contributed by atoms with Crippen molar-refractivity contribution in [1.82, 2.24) is 15.6 Å². The van der Waals surface area contributed by atoms with Crippen molar-refractivity contribution in [2.45, 2.75) is 19.9 Å². The highest BCUT2D eigenvalue weighted by atomic mass is 16.2. The number of hydrogen-bond donors (Lipinski definition) is 2. The minimum absolute atomic E-state index is 0.178. The first kappa shape index (κ1) is 15.0. The van der Waals surface area contributed by atoms with Gasteiger partial charge in [-0.1, -0.05) is 50.2 Å². The molecule has 0 aliphatic rings.